The molecular weight excluding hydrogens is 1000 g/mol. The molecule has 7 heteroatoms. The van der Waals surface area contributed by atoms with Gasteiger partial charge in [0.25, 0.3) is 0 Å². The van der Waals surface area contributed by atoms with Gasteiger partial charge >= 0.3 is 0 Å². The van der Waals surface area contributed by atoms with E-state index >= 15 is 0 Å². The summed E-state index contributed by atoms with van der Waals surface area (Å²) in [6.07, 6.45) is 13.1. The molecule has 0 amide bonds. The van der Waals surface area contributed by atoms with Gasteiger partial charge in [-0.1, -0.05) is 146 Å². The number of rotatable bonds is 8. The van der Waals surface area contributed by atoms with Crippen molar-refractivity contribution in [3.8, 4) is 78.3 Å². The van der Waals surface area contributed by atoms with E-state index in [0.29, 0.717) is 0 Å². The van der Waals surface area contributed by atoms with E-state index in [1.807, 2.05) is 72.9 Å². The number of hydrogen-bond acceptors (Lipinski definition) is 5. The Labute approximate surface area is 471 Å². The number of nitrogens with zero attached hydrogens (tertiary/aromatic N) is 6. The summed E-state index contributed by atoms with van der Waals surface area (Å²) in [5.41, 5.74) is 19.7. The Balaban J connectivity index is 0.000000140. The van der Waals surface area contributed by atoms with E-state index in [-0.39, 0.29) is 0 Å². The molecule has 9 aromatic carbocycles. The molecule has 0 aliphatic rings. The molecule has 0 radical (unpaired) electrons. The van der Waals surface area contributed by atoms with Gasteiger partial charge in [0.2, 0.25) is 0 Å². The standard InChI is InChI=1S/C39H27N3.C35H21N3S/c1-7-28(34-13-4-16-40-25-34)19-31(10-1)37-22-38(32-11-2-8-29(20-32)35-14-5-17-41-26-35)24-39(23-37)33-12-3-9-30(21-33)36-15-6-18-42-27-36;1-5-13-29-23(9-1)24-10-2-6-14-30(24)37(29)22-17-18-33-28(21-22)27-19-20-36-35(34(27)39-33)38-31-15-7-3-11-25(31)26-12-4-8-16-32(26)38/h1-27H;1-21H. The molecule has 380 valence electrons. The average Bonchev–Trinajstić information content (AvgIpc) is 4.34. The Kier molecular flexibility index (Phi) is 11.9. The molecule has 0 unspecified atom stereocenters. The molecule has 0 atom stereocenters. The second kappa shape index (κ2) is 20.3. The number of fused-ring (bicyclic) bond motifs is 9. The highest BCUT2D eigenvalue weighted by molar-refractivity contribution is 7.26. The SMILES string of the molecule is c1ccc2c(c1)c1ccccc1n2-c1ccc2sc3c(-n4c5ccccc5c5ccccc54)nccc3c2c1.c1cncc(-c2cccc(-c3cc(-c4cccc(-c5cccnc5)c4)cc(-c4cccc(-c5cccnc5)c4)c3)c2)c1. The summed E-state index contributed by atoms with van der Waals surface area (Å²) >= 11 is 1.82. The van der Waals surface area contributed by atoms with E-state index < -0.39 is 0 Å². The lowest BCUT2D eigenvalue weighted by molar-refractivity contribution is 1.11. The monoisotopic (exact) mass is 1050 g/mol. The first-order chi connectivity index (χ1) is 40.2. The van der Waals surface area contributed by atoms with E-state index in [1.165, 1.54) is 69.5 Å². The molecule has 0 bridgehead atoms. The Morgan fingerprint density at radius 1 is 0.259 bits per heavy atom. The third-order valence-corrected chi connectivity index (χ3v) is 16.7. The highest BCUT2D eigenvalue weighted by atomic mass is 32.1. The van der Waals surface area contributed by atoms with Crippen LogP contribution in [0.1, 0.15) is 0 Å². The lowest BCUT2D eigenvalue weighted by Crippen LogP contribution is -1.97. The van der Waals surface area contributed by atoms with Crippen molar-refractivity contribution in [1.82, 2.24) is 29.1 Å². The van der Waals surface area contributed by atoms with Crippen LogP contribution in [0.25, 0.3) is 142 Å². The molecule has 6 nitrogen and oxygen atoms in total. The average molecular weight is 1050 g/mol. The van der Waals surface area contributed by atoms with Gasteiger partial charge in [0, 0.05) is 103 Å². The number of thiophene rings is 1. The summed E-state index contributed by atoms with van der Waals surface area (Å²) in [4.78, 5) is 18.0. The molecule has 16 aromatic rings. The van der Waals surface area contributed by atoms with E-state index in [2.05, 4.69) is 255 Å². The van der Waals surface area contributed by atoms with Crippen LogP contribution in [0.3, 0.4) is 0 Å². The lowest BCUT2D eigenvalue weighted by atomic mass is 9.91. The van der Waals surface area contributed by atoms with Crippen molar-refractivity contribution < 1.29 is 0 Å². The minimum Gasteiger partial charge on any atom is -0.309 e. The molecule has 0 fully saturated rings. The Morgan fingerprint density at radius 2 is 0.630 bits per heavy atom. The third-order valence-electron chi connectivity index (χ3n) is 15.5. The fourth-order valence-electron chi connectivity index (χ4n) is 11.7. The van der Waals surface area contributed by atoms with Crippen LogP contribution in [0.5, 0.6) is 0 Å². The number of aromatic nitrogens is 6. The van der Waals surface area contributed by atoms with Crippen molar-refractivity contribution in [2.24, 2.45) is 0 Å². The van der Waals surface area contributed by atoms with Crippen molar-refractivity contribution in [2.45, 2.75) is 0 Å². The summed E-state index contributed by atoms with van der Waals surface area (Å²) < 4.78 is 7.20. The maximum atomic E-state index is 4.97. The molecule has 0 saturated heterocycles. The van der Waals surface area contributed by atoms with Gasteiger partial charge in [-0.3, -0.25) is 19.5 Å². The van der Waals surface area contributed by atoms with Crippen LogP contribution in [-0.2, 0) is 0 Å². The molecule has 7 heterocycles. The first-order valence-corrected chi connectivity index (χ1v) is 27.9. The zero-order chi connectivity index (χ0) is 53.6. The Hall–Kier alpha value is -10.6. The first kappa shape index (κ1) is 47.6. The fraction of sp³-hybridized carbons (Fsp3) is 0. The van der Waals surface area contributed by atoms with Crippen LogP contribution in [0.2, 0.25) is 0 Å². The molecular formula is C74H48N6S. The third kappa shape index (κ3) is 8.70. The van der Waals surface area contributed by atoms with E-state index in [4.69, 9.17) is 4.98 Å². The topological polar surface area (TPSA) is 61.4 Å². The molecule has 0 N–H and O–H groups in total. The van der Waals surface area contributed by atoms with E-state index in [0.717, 1.165) is 72.6 Å². The Morgan fingerprint density at radius 3 is 1.04 bits per heavy atom. The van der Waals surface area contributed by atoms with Gasteiger partial charge in [0.05, 0.1) is 26.8 Å². The predicted molar refractivity (Wildman–Crippen MR) is 338 cm³/mol. The Bertz CT molecular complexity index is 4650. The zero-order valence-corrected chi connectivity index (χ0v) is 44.6. The van der Waals surface area contributed by atoms with Crippen LogP contribution in [0, 0.1) is 0 Å². The van der Waals surface area contributed by atoms with Crippen LogP contribution in [0.15, 0.2) is 292 Å². The van der Waals surface area contributed by atoms with Crippen LogP contribution >= 0.6 is 11.3 Å². The van der Waals surface area contributed by atoms with Gasteiger partial charge in [-0.25, -0.2) is 4.98 Å². The van der Waals surface area contributed by atoms with Crippen molar-refractivity contribution in [2.75, 3.05) is 0 Å². The minimum absolute atomic E-state index is 0.990. The zero-order valence-electron chi connectivity index (χ0n) is 43.8. The van der Waals surface area contributed by atoms with Gasteiger partial charge in [-0.2, -0.15) is 0 Å². The van der Waals surface area contributed by atoms with Crippen LogP contribution < -0.4 is 0 Å². The second-order valence-corrected chi connectivity index (χ2v) is 21.4. The summed E-state index contributed by atoms with van der Waals surface area (Å²) in [6, 6.07) is 88.8. The van der Waals surface area contributed by atoms with Crippen molar-refractivity contribution in [3.05, 3.63) is 292 Å². The molecule has 7 aromatic heterocycles. The van der Waals surface area contributed by atoms with Gasteiger partial charge in [0.15, 0.2) is 5.82 Å². The van der Waals surface area contributed by atoms with Gasteiger partial charge < -0.3 is 4.57 Å². The predicted octanol–water partition coefficient (Wildman–Crippen LogP) is 19.5. The number of hydrogen-bond donors (Lipinski definition) is 0. The van der Waals surface area contributed by atoms with E-state index in [9.17, 15) is 0 Å². The first-order valence-electron chi connectivity index (χ1n) is 27.1. The smallest absolute Gasteiger partial charge is 0.155 e. The highest BCUT2D eigenvalue weighted by Crippen LogP contribution is 2.42. The molecule has 16 rings (SSSR count). The van der Waals surface area contributed by atoms with Crippen molar-refractivity contribution in [3.63, 3.8) is 0 Å². The normalized spacial score (nSPS) is 11.5. The number of pyridine rings is 4. The van der Waals surface area contributed by atoms with Crippen LogP contribution in [0.4, 0.5) is 0 Å². The summed E-state index contributed by atoms with van der Waals surface area (Å²) in [7, 11) is 0. The van der Waals surface area contributed by atoms with Crippen molar-refractivity contribution in [1.29, 1.82) is 0 Å². The molecule has 81 heavy (non-hydrogen) atoms. The molecule has 0 aliphatic carbocycles. The second-order valence-electron chi connectivity index (χ2n) is 20.3. The minimum atomic E-state index is 0.990. The quantitative estimate of drug-likeness (QED) is 0.152. The fourth-order valence-corrected chi connectivity index (χ4v) is 12.8. The van der Waals surface area contributed by atoms with Crippen molar-refractivity contribution >= 4 is 75.1 Å². The maximum absolute atomic E-state index is 4.97. The van der Waals surface area contributed by atoms with Gasteiger partial charge in [0.1, 0.15) is 0 Å². The summed E-state index contributed by atoms with van der Waals surface area (Å²) in [5.74, 6) is 0.990. The largest absolute Gasteiger partial charge is 0.309 e. The lowest BCUT2D eigenvalue weighted by Gasteiger charge is -2.14. The maximum Gasteiger partial charge on any atom is 0.155 e. The van der Waals surface area contributed by atoms with E-state index in [1.54, 1.807) is 0 Å². The summed E-state index contributed by atoms with van der Waals surface area (Å²) in [6.45, 7) is 0. The highest BCUT2D eigenvalue weighted by Gasteiger charge is 2.19. The molecule has 0 saturated carbocycles. The molecule has 0 spiro atoms. The van der Waals surface area contributed by atoms with Crippen LogP contribution in [-0.4, -0.2) is 29.1 Å². The number of benzene rings is 9. The molecule has 0 aliphatic heterocycles. The van der Waals surface area contributed by atoms with Gasteiger partial charge in [-0.05, 0) is 153 Å². The number of para-hydroxylation sites is 4. The summed E-state index contributed by atoms with van der Waals surface area (Å²) in [5, 5.41) is 7.56. The van der Waals surface area contributed by atoms with Gasteiger partial charge in [-0.15, -0.1) is 11.3 Å².